The van der Waals surface area contributed by atoms with Crippen LogP contribution < -0.4 is 20.1 Å². The zero-order valence-corrected chi connectivity index (χ0v) is 17.9. The highest BCUT2D eigenvalue weighted by Crippen LogP contribution is 2.35. The minimum absolute atomic E-state index is 0.103. The maximum atomic E-state index is 12.7. The average Bonchev–Trinajstić information content (AvgIpc) is 3.11. The lowest BCUT2D eigenvalue weighted by Gasteiger charge is -2.14. The van der Waals surface area contributed by atoms with Crippen molar-refractivity contribution in [3.8, 4) is 11.5 Å². The molecule has 2 aromatic carbocycles. The van der Waals surface area contributed by atoms with E-state index in [1.54, 1.807) is 13.2 Å². The zero-order chi connectivity index (χ0) is 22.4. The number of hydrogen-bond acceptors (Lipinski definition) is 7. The van der Waals surface area contributed by atoms with Crippen LogP contribution in [0.5, 0.6) is 11.5 Å². The monoisotopic (exact) mass is 429 g/mol. The molecular formula is C22H27N3O6. The SMILES string of the molecule is CCOc1cc2c(cc1CNC(=O)c1ccc(NCCOC)c([N+](=O)[O-])c1)OC(C)C2. The second-order valence-corrected chi connectivity index (χ2v) is 7.22. The Morgan fingerprint density at radius 3 is 2.84 bits per heavy atom. The van der Waals surface area contributed by atoms with Crippen LogP contribution >= 0.6 is 0 Å². The number of methoxy groups -OCH3 is 1. The van der Waals surface area contributed by atoms with Crippen molar-refractivity contribution >= 4 is 17.3 Å². The van der Waals surface area contributed by atoms with E-state index in [1.807, 2.05) is 26.0 Å². The molecule has 1 amide bonds. The molecule has 166 valence electrons. The van der Waals surface area contributed by atoms with Crippen LogP contribution in [-0.2, 0) is 17.7 Å². The van der Waals surface area contributed by atoms with Gasteiger partial charge in [0.2, 0.25) is 0 Å². The van der Waals surface area contributed by atoms with Crippen molar-refractivity contribution in [2.45, 2.75) is 32.9 Å². The molecule has 1 unspecified atom stereocenters. The summed E-state index contributed by atoms with van der Waals surface area (Å²) in [7, 11) is 1.55. The number of rotatable bonds is 10. The molecule has 1 aliphatic heterocycles. The Labute approximate surface area is 180 Å². The molecule has 0 bridgehead atoms. The van der Waals surface area contributed by atoms with Crippen molar-refractivity contribution in [1.82, 2.24) is 5.32 Å². The third-order valence-corrected chi connectivity index (χ3v) is 4.90. The second kappa shape index (κ2) is 10.1. The fourth-order valence-corrected chi connectivity index (χ4v) is 3.45. The second-order valence-electron chi connectivity index (χ2n) is 7.22. The van der Waals surface area contributed by atoms with Crippen LogP contribution in [0.15, 0.2) is 30.3 Å². The van der Waals surface area contributed by atoms with E-state index in [-0.39, 0.29) is 23.9 Å². The first-order chi connectivity index (χ1) is 14.9. The lowest BCUT2D eigenvalue weighted by atomic mass is 10.1. The highest BCUT2D eigenvalue weighted by Gasteiger charge is 2.22. The predicted octanol–water partition coefficient (Wildman–Crippen LogP) is 3.31. The van der Waals surface area contributed by atoms with Gasteiger partial charge in [-0.1, -0.05) is 0 Å². The summed E-state index contributed by atoms with van der Waals surface area (Å²) in [6, 6.07) is 8.18. The number of fused-ring (bicyclic) bond motifs is 1. The van der Waals surface area contributed by atoms with Crippen LogP contribution in [-0.4, -0.2) is 43.8 Å². The summed E-state index contributed by atoms with van der Waals surface area (Å²) < 4.78 is 16.5. The van der Waals surface area contributed by atoms with E-state index in [9.17, 15) is 14.9 Å². The fourth-order valence-electron chi connectivity index (χ4n) is 3.45. The summed E-state index contributed by atoms with van der Waals surface area (Å²) in [5.41, 5.74) is 2.24. The van der Waals surface area contributed by atoms with Gasteiger partial charge in [0, 0.05) is 49.4 Å². The molecule has 3 rings (SSSR count). The van der Waals surface area contributed by atoms with Gasteiger partial charge >= 0.3 is 0 Å². The Kier molecular flexibility index (Phi) is 7.30. The highest BCUT2D eigenvalue weighted by molar-refractivity contribution is 5.95. The van der Waals surface area contributed by atoms with Crippen molar-refractivity contribution in [2.75, 3.05) is 32.2 Å². The van der Waals surface area contributed by atoms with Crippen LogP contribution in [0.3, 0.4) is 0 Å². The van der Waals surface area contributed by atoms with Crippen molar-refractivity contribution in [2.24, 2.45) is 0 Å². The summed E-state index contributed by atoms with van der Waals surface area (Å²) in [5, 5.41) is 17.2. The standard InChI is InChI=1S/C22H27N3O6/c1-4-30-20-11-16-9-14(2)31-21(16)12-17(20)13-24-22(26)15-5-6-18(23-7-8-29-3)19(10-15)25(27)28/h5-6,10-12,14,23H,4,7-9,13H2,1-3H3,(H,24,26). The van der Waals surface area contributed by atoms with Gasteiger partial charge in [-0.05, 0) is 38.1 Å². The molecule has 0 saturated carbocycles. The summed E-state index contributed by atoms with van der Waals surface area (Å²) in [4.78, 5) is 23.6. The number of nitro benzene ring substituents is 1. The van der Waals surface area contributed by atoms with Crippen LogP contribution in [0.1, 0.15) is 35.3 Å². The molecule has 1 aliphatic rings. The predicted molar refractivity (Wildman–Crippen MR) is 116 cm³/mol. The number of benzene rings is 2. The Bertz CT molecular complexity index is 963. The molecule has 0 aromatic heterocycles. The van der Waals surface area contributed by atoms with Gasteiger partial charge in [0.15, 0.2) is 0 Å². The Hall–Kier alpha value is -3.33. The number of anilines is 1. The first-order valence-corrected chi connectivity index (χ1v) is 10.2. The molecule has 2 aromatic rings. The molecule has 0 spiro atoms. The molecule has 0 saturated heterocycles. The van der Waals surface area contributed by atoms with E-state index in [0.717, 1.165) is 23.3 Å². The number of nitro groups is 1. The first kappa shape index (κ1) is 22.4. The minimum Gasteiger partial charge on any atom is -0.494 e. The number of nitrogens with one attached hydrogen (secondary N) is 2. The molecule has 9 nitrogen and oxygen atoms in total. The van der Waals surface area contributed by atoms with E-state index in [0.29, 0.717) is 31.2 Å². The number of nitrogens with zero attached hydrogens (tertiary/aromatic N) is 1. The normalized spacial score (nSPS) is 14.5. The van der Waals surface area contributed by atoms with Gasteiger partial charge in [0.25, 0.3) is 11.6 Å². The van der Waals surface area contributed by atoms with Crippen LogP contribution in [0.2, 0.25) is 0 Å². The highest BCUT2D eigenvalue weighted by atomic mass is 16.6. The smallest absolute Gasteiger partial charge is 0.293 e. The molecular weight excluding hydrogens is 402 g/mol. The van der Waals surface area contributed by atoms with E-state index in [1.165, 1.54) is 12.1 Å². The van der Waals surface area contributed by atoms with Crippen molar-refractivity contribution in [1.29, 1.82) is 0 Å². The van der Waals surface area contributed by atoms with Crippen LogP contribution in [0.4, 0.5) is 11.4 Å². The Balaban J connectivity index is 1.74. The minimum atomic E-state index is -0.516. The number of hydrogen-bond donors (Lipinski definition) is 2. The van der Waals surface area contributed by atoms with Crippen LogP contribution in [0.25, 0.3) is 0 Å². The molecule has 0 aliphatic carbocycles. The topological polar surface area (TPSA) is 112 Å². The van der Waals surface area contributed by atoms with Gasteiger partial charge < -0.3 is 24.8 Å². The van der Waals surface area contributed by atoms with Gasteiger partial charge in [0.1, 0.15) is 23.3 Å². The number of carbonyl (C=O) groups excluding carboxylic acids is 1. The molecule has 0 radical (unpaired) electrons. The lowest BCUT2D eigenvalue weighted by molar-refractivity contribution is -0.384. The maximum Gasteiger partial charge on any atom is 0.293 e. The maximum absolute atomic E-state index is 12.7. The molecule has 1 heterocycles. The van der Waals surface area contributed by atoms with Crippen molar-refractivity contribution in [3.63, 3.8) is 0 Å². The van der Waals surface area contributed by atoms with Crippen molar-refractivity contribution < 1.29 is 23.9 Å². The molecule has 0 fully saturated rings. The van der Waals surface area contributed by atoms with Crippen LogP contribution in [0, 0.1) is 10.1 Å². The van der Waals surface area contributed by atoms with E-state index < -0.39 is 10.8 Å². The summed E-state index contributed by atoms with van der Waals surface area (Å²) >= 11 is 0. The first-order valence-electron chi connectivity index (χ1n) is 10.2. The average molecular weight is 429 g/mol. The fraction of sp³-hybridized carbons (Fsp3) is 0.409. The molecule has 31 heavy (non-hydrogen) atoms. The molecule has 2 N–H and O–H groups in total. The van der Waals surface area contributed by atoms with Gasteiger partial charge in [-0.25, -0.2) is 0 Å². The number of ether oxygens (including phenoxy) is 3. The third kappa shape index (κ3) is 5.43. The Morgan fingerprint density at radius 1 is 1.32 bits per heavy atom. The summed E-state index contributed by atoms with van der Waals surface area (Å²) in [6.07, 6.45) is 0.919. The Morgan fingerprint density at radius 2 is 2.13 bits per heavy atom. The third-order valence-electron chi connectivity index (χ3n) is 4.90. The van der Waals surface area contributed by atoms with Gasteiger partial charge in [-0.15, -0.1) is 0 Å². The molecule has 9 heteroatoms. The molecule has 1 atom stereocenters. The van der Waals surface area contributed by atoms with Crippen molar-refractivity contribution in [3.05, 3.63) is 57.1 Å². The summed E-state index contributed by atoms with van der Waals surface area (Å²) in [6.45, 7) is 5.44. The van der Waals surface area contributed by atoms with Gasteiger partial charge in [0.05, 0.1) is 18.1 Å². The van der Waals surface area contributed by atoms with Gasteiger partial charge in [-0.2, -0.15) is 0 Å². The lowest BCUT2D eigenvalue weighted by Crippen LogP contribution is -2.23. The van der Waals surface area contributed by atoms with E-state index >= 15 is 0 Å². The van der Waals surface area contributed by atoms with E-state index in [2.05, 4.69) is 10.6 Å². The quantitative estimate of drug-likeness (QED) is 0.338. The zero-order valence-electron chi connectivity index (χ0n) is 17.9. The number of amides is 1. The largest absolute Gasteiger partial charge is 0.494 e. The number of carbonyl (C=O) groups is 1. The van der Waals surface area contributed by atoms with Gasteiger partial charge in [-0.3, -0.25) is 14.9 Å². The van der Waals surface area contributed by atoms with E-state index in [4.69, 9.17) is 14.2 Å². The summed E-state index contributed by atoms with van der Waals surface area (Å²) in [5.74, 6) is 1.08.